The molecule has 1 amide bonds. The van der Waals surface area contributed by atoms with Crippen molar-refractivity contribution in [3.8, 4) is 0 Å². The Labute approximate surface area is 201 Å². The SMILES string of the molecule is O=C(CN1CCN(C(c2ccccc2)c2ccccc2)CC1)Nc1cc(C(F)(F)F)ccc1Cl. The summed E-state index contributed by atoms with van der Waals surface area (Å²) in [4.78, 5) is 16.9. The van der Waals surface area contributed by atoms with E-state index in [0.717, 1.165) is 31.3 Å². The molecule has 3 aromatic rings. The minimum absolute atomic E-state index is 0.0339. The average Bonchev–Trinajstić information content (AvgIpc) is 2.82. The number of benzene rings is 3. The third kappa shape index (κ3) is 5.97. The van der Waals surface area contributed by atoms with Crippen LogP contribution in [0.1, 0.15) is 22.7 Å². The van der Waals surface area contributed by atoms with Crippen LogP contribution >= 0.6 is 11.6 Å². The van der Waals surface area contributed by atoms with Gasteiger partial charge >= 0.3 is 6.18 Å². The van der Waals surface area contributed by atoms with E-state index < -0.39 is 17.6 Å². The molecular weight excluding hydrogens is 463 g/mol. The summed E-state index contributed by atoms with van der Waals surface area (Å²) in [6.07, 6.45) is -4.51. The molecule has 0 aliphatic carbocycles. The average molecular weight is 488 g/mol. The third-order valence-electron chi connectivity index (χ3n) is 5.94. The Kier molecular flexibility index (Phi) is 7.56. The Morgan fingerprint density at radius 1 is 0.882 bits per heavy atom. The minimum atomic E-state index is -4.51. The van der Waals surface area contributed by atoms with E-state index in [1.54, 1.807) is 0 Å². The number of carbonyl (C=O) groups excluding carboxylic acids is 1. The van der Waals surface area contributed by atoms with Crippen molar-refractivity contribution in [3.05, 3.63) is 101 Å². The van der Waals surface area contributed by atoms with E-state index >= 15 is 0 Å². The molecule has 4 rings (SSSR count). The molecule has 1 aliphatic heterocycles. The van der Waals surface area contributed by atoms with Gasteiger partial charge in [0, 0.05) is 26.2 Å². The predicted molar refractivity (Wildman–Crippen MR) is 128 cm³/mol. The number of anilines is 1. The molecular formula is C26H25ClF3N3O. The first-order valence-electron chi connectivity index (χ1n) is 11.0. The molecule has 1 heterocycles. The molecule has 0 radical (unpaired) electrons. The van der Waals surface area contributed by atoms with E-state index in [-0.39, 0.29) is 23.3 Å². The lowest BCUT2D eigenvalue weighted by Crippen LogP contribution is -2.49. The van der Waals surface area contributed by atoms with Crippen LogP contribution in [0.3, 0.4) is 0 Å². The van der Waals surface area contributed by atoms with E-state index in [0.29, 0.717) is 13.1 Å². The molecule has 1 aliphatic rings. The first kappa shape index (κ1) is 24.3. The second-order valence-corrected chi connectivity index (χ2v) is 8.68. The normalized spacial score (nSPS) is 15.4. The van der Waals surface area contributed by atoms with Gasteiger partial charge in [-0.25, -0.2) is 0 Å². The maximum atomic E-state index is 13.0. The fourth-order valence-corrected chi connectivity index (χ4v) is 4.42. The van der Waals surface area contributed by atoms with Gasteiger partial charge in [-0.15, -0.1) is 0 Å². The van der Waals surface area contributed by atoms with E-state index in [1.807, 2.05) is 41.3 Å². The Morgan fingerprint density at radius 3 is 1.97 bits per heavy atom. The Hall–Kier alpha value is -2.87. The molecule has 1 saturated heterocycles. The summed E-state index contributed by atoms with van der Waals surface area (Å²) in [6.45, 7) is 2.93. The maximum Gasteiger partial charge on any atom is 0.416 e. The van der Waals surface area contributed by atoms with E-state index in [4.69, 9.17) is 11.6 Å². The summed E-state index contributed by atoms with van der Waals surface area (Å²) in [5.74, 6) is -0.391. The molecule has 4 nitrogen and oxygen atoms in total. The van der Waals surface area contributed by atoms with Gasteiger partial charge in [0.05, 0.1) is 28.9 Å². The van der Waals surface area contributed by atoms with Gasteiger partial charge in [-0.3, -0.25) is 14.6 Å². The minimum Gasteiger partial charge on any atom is -0.324 e. The highest BCUT2D eigenvalue weighted by Crippen LogP contribution is 2.34. The molecule has 3 aromatic carbocycles. The third-order valence-corrected chi connectivity index (χ3v) is 6.27. The second-order valence-electron chi connectivity index (χ2n) is 8.28. The number of nitrogens with zero attached hydrogens (tertiary/aromatic N) is 2. The number of hydrogen-bond acceptors (Lipinski definition) is 3. The van der Waals surface area contributed by atoms with Crippen LogP contribution in [0.15, 0.2) is 78.9 Å². The first-order chi connectivity index (χ1) is 16.3. The van der Waals surface area contributed by atoms with Crippen LogP contribution in [-0.4, -0.2) is 48.4 Å². The van der Waals surface area contributed by atoms with Gasteiger partial charge in [-0.2, -0.15) is 13.2 Å². The fraction of sp³-hybridized carbons (Fsp3) is 0.269. The molecule has 0 spiro atoms. The number of alkyl halides is 3. The number of amides is 1. The summed E-state index contributed by atoms with van der Waals surface area (Å²) in [6, 6.07) is 23.6. The zero-order chi connectivity index (χ0) is 24.1. The summed E-state index contributed by atoms with van der Waals surface area (Å²) in [5, 5.41) is 2.60. The summed E-state index contributed by atoms with van der Waals surface area (Å²) in [7, 11) is 0. The highest BCUT2D eigenvalue weighted by atomic mass is 35.5. The van der Waals surface area contributed by atoms with Gasteiger partial charge in [0.25, 0.3) is 0 Å². The molecule has 0 bridgehead atoms. The highest BCUT2D eigenvalue weighted by molar-refractivity contribution is 6.33. The van der Waals surface area contributed by atoms with Crippen molar-refractivity contribution >= 4 is 23.2 Å². The number of piperazine rings is 1. The lowest BCUT2D eigenvalue weighted by molar-refractivity contribution is -0.137. The van der Waals surface area contributed by atoms with Gasteiger partial charge < -0.3 is 5.32 Å². The Bertz CT molecular complexity index is 1060. The zero-order valence-electron chi connectivity index (χ0n) is 18.4. The van der Waals surface area contributed by atoms with Crippen molar-refractivity contribution in [2.24, 2.45) is 0 Å². The van der Waals surface area contributed by atoms with Crippen LogP contribution in [0, 0.1) is 0 Å². The number of halogens is 4. The van der Waals surface area contributed by atoms with E-state index in [9.17, 15) is 18.0 Å². The monoisotopic (exact) mass is 487 g/mol. The lowest BCUT2D eigenvalue weighted by atomic mass is 9.96. The predicted octanol–water partition coefficient (Wildman–Crippen LogP) is 5.70. The fourth-order valence-electron chi connectivity index (χ4n) is 4.25. The quantitative estimate of drug-likeness (QED) is 0.484. The second kappa shape index (κ2) is 10.6. The van der Waals surface area contributed by atoms with Crippen molar-refractivity contribution < 1.29 is 18.0 Å². The number of rotatable bonds is 6. The largest absolute Gasteiger partial charge is 0.416 e. The molecule has 0 aromatic heterocycles. The molecule has 34 heavy (non-hydrogen) atoms. The Balaban J connectivity index is 1.38. The van der Waals surface area contributed by atoms with Crippen LogP contribution in [0.2, 0.25) is 5.02 Å². The standard InChI is InChI=1S/C26H25ClF3N3O/c27-22-12-11-21(26(28,29)30)17-23(22)31-24(34)18-32-13-15-33(16-14-32)25(19-7-3-1-4-8-19)20-9-5-2-6-10-20/h1-12,17,25H,13-16,18H2,(H,31,34). The number of nitrogens with one attached hydrogen (secondary N) is 1. The van der Waals surface area contributed by atoms with Crippen molar-refractivity contribution in [2.75, 3.05) is 38.0 Å². The van der Waals surface area contributed by atoms with Crippen LogP contribution < -0.4 is 5.32 Å². The first-order valence-corrected chi connectivity index (χ1v) is 11.4. The van der Waals surface area contributed by atoms with Gasteiger partial charge in [0.15, 0.2) is 0 Å². The van der Waals surface area contributed by atoms with E-state index in [1.165, 1.54) is 11.1 Å². The molecule has 1 N–H and O–H groups in total. The smallest absolute Gasteiger partial charge is 0.324 e. The van der Waals surface area contributed by atoms with Gasteiger partial charge in [-0.1, -0.05) is 72.3 Å². The van der Waals surface area contributed by atoms with Crippen LogP contribution in [0.4, 0.5) is 18.9 Å². The summed E-state index contributed by atoms with van der Waals surface area (Å²) >= 11 is 6.00. The Morgan fingerprint density at radius 2 is 1.44 bits per heavy atom. The zero-order valence-corrected chi connectivity index (χ0v) is 19.2. The molecule has 1 fully saturated rings. The molecule has 0 unspecified atom stereocenters. The highest BCUT2D eigenvalue weighted by Gasteiger charge is 2.31. The van der Waals surface area contributed by atoms with Crippen molar-refractivity contribution in [2.45, 2.75) is 12.2 Å². The number of hydrogen-bond donors (Lipinski definition) is 1. The van der Waals surface area contributed by atoms with Gasteiger partial charge in [-0.05, 0) is 29.3 Å². The maximum absolute atomic E-state index is 13.0. The lowest BCUT2D eigenvalue weighted by Gasteiger charge is -2.39. The van der Waals surface area contributed by atoms with Crippen molar-refractivity contribution in [1.29, 1.82) is 0 Å². The van der Waals surface area contributed by atoms with Crippen molar-refractivity contribution in [3.63, 3.8) is 0 Å². The molecule has 8 heteroatoms. The molecule has 0 atom stereocenters. The topological polar surface area (TPSA) is 35.6 Å². The van der Waals surface area contributed by atoms with Crippen LogP contribution in [-0.2, 0) is 11.0 Å². The van der Waals surface area contributed by atoms with Crippen molar-refractivity contribution in [1.82, 2.24) is 9.80 Å². The number of carbonyl (C=O) groups is 1. The molecule has 178 valence electrons. The van der Waals surface area contributed by atoms with Gasteiger partial charge in [0.2, 0.25) is 5.91 Å². The van der Waals surface area contributed by atoms with E-state index in [2.05, 4.69) is 34.5 Å². The van der Waals surface area contributed by atoms with Crippen LogP contribution in [0.5, 0.6) is 0 Å². The van der Waals surface area contributed by atoms with Crippen LogP contribution in [0.25, 0.3) is 0 Å². The summed E-state index contributed by atoms with van der Waals surface area (Å²) in [5.41, 5.74) is 1.53. The van der Waals surface area contributed by atoms with Gasteiger partial charge in [0.1, 0.15) is 0 Å². The summed E-state index contributed by atoms with van der Waals surface area (Å²) < 4.78 is 39.0. The molecule has 0 saturated carbocycles.